The number of benzene rings is 1. The highest BCUT2D eigenvalue weighted by Gasteiger charge is 2.36. The number of rotatable bonds is 10. The summed E-state index contributed by atoms with van der Waals surface area (Å²) in [6.45, 7) is 8.11. The summed E-state index contributed by atoms with van der Waals surface area (Å²) in [5, 5.41) is 0. The Kier molecular flexibility index (Phi) is 7.71. The molecule has 2 rings (SSSR count). The minimum atomic E-state index is -3.67. The van der Waals surface area contributed by atoms with Gasteiger partial charge in [-0.05, 0) is 51.8 Å². The van der Waals surface area contributed by atoms with Gasteiger partial charge in [-0.15, -0.1) is 0 Å². The molecular weight excluding hydrogens is 382 g/mol. The van der Waals surface area contributed by atoms with Gasteiger partial charge in [0.2, 0.25) is 10.0 Å². The first-order chi connectivity index (χ1) is 13.2. The lowest BCUT2D eigenvalue weighted by molar-refractivity contribution is -0.141. The van der Waals surface area contributed by atoms with Gasteiger partial charge in [0.1, 0.15) is 23.6 Å². The number of carbonyl (C=O) groups excluding carboxylic acids is 1. The van der Waals surface area contributed by atoms with Crippen molar-refractivity contribution in [3.05, 3.63) is 23.8 Å². The number of unbranched alkanes of at least 4 members (excludes halogenated alkanes) is 1. The maximum absolute atomic E-state index is 12.5. The molecular formula is C20H31NO6S. The fraction of sp³-hybridized carbons (Fsp3) is 0.650. The summed E-state index contributed by atoms with van der Waals surface area (Å²) in [7, 11) is -3.67. The van der Waals surface area contributed by atoms with Gasteiger partial charge in [-0.2, -0.15) is 0 Å². The highest BCUT2D eigenvalue weighted by molar-refractivity contribution is 7.89. The van der Waals surface area contributed by atoms with Crippen molar-refractivity contribution in [2.45, 2.75) is 58.5 Å². The van der Waals surface area contributed by atoms with E-state index in [9.17, 15) is 13.2 Å². The van der Waals surface area contributed by atoms with Crippen molar-refractivity contribution < 1.29 is 27.4 Å². The molecule has 158 valence electrons. The van der Waals surface area contributed by atoms with E-state index in [1.54, 1.807) is 6.92 Å². The lowest BCUT2D eigenvalue weighted by atomic mass is 9.85. The predicted molar refractivity (Wildman–Crippen MR) is 107 cm³/mol. The van der Waals surface area contributed by atoms with Crippen LogP contribution >= 0.6 is 0 Å². The van der Waals surface area contributed by atoms with Crippen LogP contribution in [-0.2, 0) is 19.6 Å². The third-order valence-corrected chi connectivity index (χ3v) is 5.90. The quantitative estimate of drug-likeness (QED) is 0.468. The van der Waals surface area contributed by atoms with Crippen LogP contribution in [0.4, 0.5) is 0 Å². The zero-order valence-electron chi connectivity index (χ0n) is 17.1. The molecule has 0 spiro atoms. The third-order valence-electron chi connectivity index (χ3n) is 4.47. The Morgan fingerprint density at radius 1 is 1.32 bits per heavy atom. The number of carbonyl (C=O) groups is 1. The normalized spacial score (nSPS) is 18.1. The van der Waals surface area contributed by atoms with E-state index in [2.05, 4.69) is 11.6 Å². The minimum Gasteiger partial charge on any atom is -0.494 e. The molecule has 0 aromatic heterocycles. The molecule has 0 saturated carbocycles. The van der Waals surface area contributed by atoms with Crippen LogP contribution in [0.2, 0.25) is 0 Å². The Labute approximate surface area is 167 Å². The van der Waals surface area contributed by atoms with Gasteiger partial charge in [-0.3, -0.25) is 4.79 Å². The molecule has 1 N–H and O–H groups in total. The number of hydrogen-bond donors (Lipinski definition) is 1. The van der Waals surface area contributed by atoms with E-state index in [-0.39, 0.29) is 24.8 Å². The Morgan fingerprint density at radius 2 is 2.07 bits per heavy atom. The van der Waals surface area contributed by atoms with Crippen LogP contribution in [-0.4, -0.2) is 45.5 Å². The Hall–Kier alpha value is -1.80. The van der Waals surface area contributed by atoms with Gasteiger partial charge in [0, 0.05) is 11.5 Å². The maximum Gasteiger partial charge on any atom is 0.320 e. The van der Waals surface area contributed by atoms with Crippen molar-refractivity contribution in [3.8, 4) is 11.5 Å². The van der Waals surface area contributed by atoms with E-state index in [0.29, 0.717) is 24.5 Å². The molecule has 7 nitrogen and oxygen atoms in total. The Morgan fingerprint density at radius 3 is 2.75 bits per heavy atom. The van der Waals surface area contributed by atoms with E-state index in [4.69, 9.17) is 14.2 Å². The molecule has 1 atom stereocenters. The first-order valence-corrected chi connectivity index (χ1v) is 11.4. The van der Waals surface area contributed by atoms with E-state index < -0.39 is 21.6 Å². The van der Waals surface area contributed by atoms with Gasteiger partial charge in [0.25, 0.3) is 0 Å². The standard InChI is InChI=1S/C20H31NO6S/c1-5-7-10-26-16-8-9-18-17(11-16)15(12-20(3,4)27-18)14-28(23,24)21-13-19(22)25-6-2/h8-9,11,15,21H,5-7,10,12-14H2,1-4H3. The van der Waals surface area contributed by atoms with E-state index >= 15 is 0 Å². The topological polar surface area (TPSA) is 90.9 Å². The molecule has 1 aromatic carbocycles. The lowest BCUT2D eigenvalue weighted by Gasteiger charge is -2.37. The van der Waals surface area contributed by atoms with Crippen molar-refractivity contribution in [1.29, 1.82) is 0 Å². The summed E-state index contributed by atoms with van der Waals surface area (Å²) < 4.78 is 44.0. The molecule has 0 amide bonds. The van der Waals surface area contributed by atoms with Crippen LogP contribution in [0.3, 0.4) is 0 Å². The second-order valence-electron chi connectivity index (χ2n) is 7.57. The molecule has 0 aliphatic carbocycles. The largest absolute Gasteiger partial charge is 0.494 e. The van der Waals surface area contributed by atoms with Crippen molar-refractivity contribution in [3.63, 3.8) is 0 Å². The average Bonchev–Trinajstić information content (AvgIpc) is 2.60. The Bertz CT molecular complexity index is 775. The molecule has 1 aliphatic rings. The smallest absolute Gasteiger partial charge is 0.320 e. The van der Waals surface area contributed by atoms with Crippen molar-refractivity contribution in [1.82, 2.24) is 4.72 Å². The summed E-state index contributed by atoms with van der Waals surface area (Å²) in [5.41, 5.74) is 0.327. The van der Waals surface area contributed by atoms with Crippen LogP contribution < -0.4 is 14.2 Å². The van der Waals surface area contributed by atoms with E-state index in [0.717, 1.165) is 18.4 Å². The number of hydrogen-bond acceptors (Lipinski definition) is 6. The summed E-state index contributed by atoms with van der Waals surface area (Å²) in [5.74, 6) is 0.380. The van der Waals surface area contributed by atoms with Gasteiger partial charge in [0.05, 0.1) is 19.0 Å². The number of ether oxygens (including phenoxy) is 3. The summed E-state index contributed by atoms with van der Waals surface area (Å²) in [6.07, 6.45) is 2.53. The van der Waals surface area contributed by atoms with Gasteiger partial charge in [0.15, 0.2) is 0 Å². The highest BCUT2D eigenvalue weighted by Crippen LogP contribution is 2.42. The summed E-state index contributed by atoms with van der Waals surface area (Å²) >= 11 is 0. The van der Waals surface area contributed by atoms with Crippen LogP contribution in [0.15, 0.2) is 18.2 Å². The van der Waals surface area contributed by atoms with Gasteiger partial charge < -0.3 is 14.2 Å². The van der Waals surface area contributed by atoms with Crippen LogP contribution in [0.25, 0.3) is 0 Å². The Balaban J connectivity index is 2.17. The highest BCUT2D eigenvalue weighted by atomic mass is 32.2. The molecule has 0 saturated heterocycles. The van der Waals surface area contributed by atoms with Crippen LogP contribution in [0.5, 0.6) is 11.5 Å². The SMILES string of the molecule is CCCCOc1ccc2c(c1)C(CS(=O)(=O)NCC(=O)OCC)CC(C)(C)O2. The van der Waals surface area contributed by atoms with E-state index in [1.165, 1.54) is 0 Å². The molecule has 1 heterocycles. The first kappa shape index (κ1) is 22.5. The van der Waals surface area contributed by atoms with Crippen molar-refractivity contribution >= 4 is 16.0 Å². The molecule has 0 radical (unpaired) electrons. The van der Waals surface area contributed by atoms with Crippen molar-refractivity contribution in [2.75, 3.05) is 25.5 Å². The van der Waals surface area contributed by atoms with Gasteiger partial charge in [-0.1, -0.05) is 13.3 Å². The molecule has 0 fully saturated rings. The number of esters is 1. The molecule has 1 unspecified atom stereocenters. The van der Waals surface area contributed by atoms with Crippen LogP contribution in [0.1, 0.15) is 58.4 Å². The van der Waals surface area contributed by atoms with Crippen LogP contribution in [0, 0.1) is 0 Å². The fourth-order valence-electron chi connectivity index (χ4n) is 3.26. The fourth-order valence-corrected chi connectivity index (χ4v) is 4.54. The maximum atomic E-state index is 12.5. The first-order valence-electron chi connectivity index (χ1n) is 9.74. The molecule has 8 heteroatoms. The number of sulfonamides is 1. The zero-order chi connectivity index (χ0) is 20.8. The average molecular weight is 414 g/mol. The minimum absolute atomic E-state index is 0.134. The third kappa shape index (κ3) is 6.67. The molecule has 0 bridgehead atoms. The van der Waals surface area contributed by atoms with E-state index in [1.807, 2.05) is 32.0 Å². The number of nitrogens with one attached hydrogen (secondary N) is 1. The second-order valence-corrected chi connectivity index (χ2v) is 9.42. The second kappa shape index (κ2) is 9.60. The monoisotopic (exact) mass is 413 g/mol. The van der Waals surface area contributed by atoms with Crippen molar-refractivity contribution in [2.24, 2.45) is 0 Å². The predicted octanol–water partition coefficient (Wildman–Crippen LogP) is 2.99. The zero-order valence-corrected chi connectivity index (χ0v) is 17.9. The summed E-state index contributed by atoms with van der Waals surface area (Å²) in [4.78, 5) is 11.5. The lowest BCUT2D eigenvalue weighted by Crippen LogP contribution is -2.39. The summed E-state index contributed by atoms with van der Waals surface area (Å²) in [6, 6.07) is 5.55. The molecule has 1 aromatic rings. The molecule has 28 heavy (non-hydrogen) atoms. The molecule has 1 aliphatic heterocycles. The van der Waals surface area contributed by atoms with Gasteiger partial charge >= 0.3 is 5.97 Å². The number of fused-ring (bicyclic) bond motifs is 1. The van der Waals surface area contributed by atoms with Gasteiger partial charge in [-0.25, -0.2) is 13.1 Å².